The molecule has 0 amide bonds. The summed E-state index contributed by atoms with van der Waals surface area (Å²) in [5.74, 6) is 2.38. The molecular formula is C58H36N6O. The fourth-order valence-corrected chi connectivity index (χ4v) is 9.35. The Bertz CT molecular complexity index is 3650. The molecule has 0 bridgehead atoms. The van der Waals surface area contributed by atoms with Crippen LogP contribution in [0.3, 0.4) is 0 Å². The molecule has 0 saturated carbocycles. The summed E-state index contributed by atoms with van der Waals surface area (Å²) in [5.41, 5.74) is 13.9. The molecule has 4 heterocycles. The summed E-state index contributed by atoms with van der Waals surface area (Å²) in [5, 5.41) is 4.88. The lowest BCUT2D eigenvalue weighted by atomic mass is 10.0. The smallest absolute Gasteiger partial charge is 0.227 e. The molecule has 4 aromatic heterocycles. The van der Waals surface area contributed by atoms with Gasteiger partial charge in [0, 0.05) is 55.2 Å². The Kier molecular flexibility index (Phi) is 8.39. The lowest BCUT2D eigenvalue weighted by Crippen LogP contribution is -2.00. The first-order valence-electron chi connectivity index (χ1n) is 21.7. The molecule has 0 fully saturated rings. The van der Waals surface area contributed by atoms with Crippen molar-refractivity contribution in [2.45, 2.75) is 0 Å². The van der Waals surface area contributed by atoms with Gasteiger partial charge >= 0.3 is 0 Å². The van der Waals surface area contributed by atoms with E-state index in [1.165, 1.54) is 21.5 Å². The van der Waals surface area contributed by atoms with Gasteiger partial charge < -0.3 is 13.6 Å². The summed E-state index contributed by atoms with van der Waals surface area (Å²) >= 11 is 0. The van der Waals surface area contributed by atoms with Gasteiger partial charge in [-0.05, 0) is 77.9 Å². The summed E-state index contributed by atoms with van der Waals surface area (Å²) < 4.78 is 11.4. The minimum absolute atomic E-state index is 0.541. The Morgan fingerprint density at radius 3 is 1.14 bits per heavy atom. The second-order valence-electron chi connectivity index (χ2n) is 16.3. The quantitative estimate of drug-likeness (QED) is 0.160. The molecule has 0 N–H and O–H groups in total. The van der Waals surface area contributed by atoms with Crippen molar-refractivity contribution in [3.8, 4) is 68.1 Å². The van der Waals surface area contributed by atoms with Crippen LogP contribution in [0.5, 0.6) is 0 Å². The van der Waals surface area contributed by atoms with Gasteiger partial charge in [0.1, 0.15) is 5.52 Å². The maximum atomic E-state index is 6.59. The van der Waals surface area contributed by atoms with Crippen molar-refractivity contribution in [2.75, 3.05) is 0 Å². The zero-order chi connectivity index (χ0) is 42.8. The Morgan fingerprint density at radius 1 is 0.292 bits per heavy atom. The first-order chi connectivity index (χ1) is 32.2. The monoisotopic (exact) mass is 832 g/mol. The number of para-hydroxylation sites is 4. The average Bonchev–Trinajstić information content (AvgIpc) is 4.07. The second-order valence-corrected chi connectivity index (χ2v) is 16.3. The summed E-state index contributed by atoms with van der Waals surface area (Å²) in [6.07, 6.45) is 0. The number of oxazole rings is 1. The second kappa shape index (κ2) is 14.9. The summed E-state index contributed by atoms with van der Waals surface area (Å²) in [6.45, 7) is 0. The van der Waals surface area contributed by atoms with Crippen molar-refractivity contribution in [3.63, 3.8) is 0 Å². The van der Waals surface area contributed by atoms with E-state index in [1.807, 2.05) is 84.9 Å². The molecule has 65 heavy (non-hydrogen) atoms. The number of nitrogens with zero attached hydrogens (tertiary/aromatic N) is 6. The third-order valence-electron chi connectivity index (χ3n) is 12.4. The number of aromatic nitrogens is 6. The molecule has 0 aliphatic heterocycles. The normalized spacial score (nSPS) is 11.7. The third kappa shape index (κ3) is 6.20. The maximum absolute atomic E-state index is 6.59. The van der Waals surface area contributed by atoms with Gasteiger partial charge in [-0.2, -0.15) is 0 Å². The minimum Gasteiger partial charge on any atom is -0.436 e. The number of rotatable bonds is 7. The molecule has 9 aromatic carbocycles. The molecular weight excluding hydrogens is 797 g/mol. The standard InChI is InChI=1S/C58H36N6O/c1-3-15-37(16-4-1)55-60-56(38-17-5-2-6-18-38)62-57(61-55)39-27-29-40(30-28-39)58-59-49-32-31-41(35-54(49)65-58)42-33-43(63-50-23-11-7-19-45(50)46-20-8-12-24-51(46)63)36-44(34-42)64-52-25-13-9-21-47(52)48-22-10-14-26-53(48)64/h1-36H. The lowest BCUT2D eigenvalue weighted by Gasteiger charge is -2.16. The number of hydrogen-bond acceptors (Lipinski definition) is 5. The van der Waals surface area contributed by atoms with E-state index >= 15 is 0 Å². The highest BCUT2D eigenvalue weighted by Gasteiger charge is 2.19. The molecule has 0 saturated heterocycles. The molecule has 0 radical (unpaired) electrons. The van der Waals surface area contributed by atoms with Crippen LogP contribution in [0.25, 0.3) is 123 Å². The first-order valence-corrected chi connectivity index (χ1v) is 21.7. The van der Waals surface area contributed by atoms with E-state index in [2.05, 4.69) is 143 Å². The van der Waals surface area contributed by atoms with Crippen molar-refractivity contribution in [3.05, 3.63) is 218 Å². The minimum atomic E-state index is 0.541. The first kappa shape index (κ1) is 36.7. The Labute approximate surface area is 373 Å². The van der Waals surface area contributed by atoms with E-state index in [4.69, 9.17) is 24.4 Å². The van der Waals surface area contributed by atoms with Crippen molar-refractivity contribution in [1.82, 2.24) is 29.1 Å². The van der Waals surface area contributed by atoms with Crippen molar-refractivity contribution < 1.29 is 4.42 Å². The molecule has 0 spiro atoms. The van der Waals surface area contributed by atoms with Crippen LogP contribution in [0, 0.1) is 0 Å². The van der Waals surface area contributed by atoms with Crippen LogP contribution in [-0.2, 0) is 0 Å². The number of fused-ring (bicyclic) bond motifs is 7. The molecule has 0 unspecified atom stereocenters. The van der Waals surface area contributed by atoms with E-state index in [0.717, 1.165) is 72.3 Å². The zero-order valence-corrected chi connectivity index (χ0v) is 34.9. The van der Waals surface area contributed by atoms with Crippen LogP contribution in [0.1, 0.15) is 0 Å². The maximum Gasteiger partial charge on any atom is 0.227 e. The van der Waals surface area contributed by atoms with Crippen LogP contribution >= 0.6 is 0 Å². The van der Waals surface area contributed by atoms with Gasteiger partial charge in [0.2, 0.25) is 5.89 Å². The molecule has 0 aliphatic carbocycles. The van der Waals surface area contributed by atoms with Gasteiger partial charge in [0.05, 0.1) is 22.1 Å². The molecule has 0 atom stereocenters. The Morgan fingerprint density at radius 2 is 0.677 bits per heavy atom. The lowest BCUT2D eigenvalue weighted by molar-refractivity contribution is 0.620. The van der Waals surface area contributed by atoms with Crippen molar-refractivity contribution in [1.29, 1.82) is 0 Å². The predicted molar refractivity (Wildman–Crippen MR) is 263 cm³/mol. The van der Waals surface area contributed by atoms with Gasteiger partial charge in [-0.1, -0.05) is 152 Å². The Hall–Kier alpha value is -8.94. The number of benzene rings is 9. The van der Waals surface area contributed by atoms with E-state index in [0.29, 0.717) is 28.9 Å². The zero-order valence-electron chi connectivity index (χ0n) is 34.9. The van der Waals surface area contributed by atoms with E-state index in [-0.39, 0.29) is 0 Å². The fraction of sp³-hybridized carbons (Fsp3) is 0. The van der Waals surface area contributed by atoms with Gasteiger partial charge in [-0.15, -0.1) is 0 Å². The third-order valence-corrected chi connectivity index (χ3v) is 12.4. The van der Waals surface area contributed by atoms with Gasteiger partial charge in [-0.3, -0.25) is 0 Å². The van der Waals surface area contributed by atoms with Gasteiger partial charge in [-0.25, -0.2) is 19.9 Å². The molecule has 13 rings (SSSR count). The molecule has 7 heteroatoms. The number of hydrogen-bond donors (Lipinski definition) is 0. The van der Waals surface area contributed by atoms with Crippen LogP contribution in [-0.4, -0.2) is 29.1 Å². The van der Waals surface area contributed by atoms with Crippen LogP contribution in [0.4, 0.5) is 0 Å². The van der Waals surface area contributed by atoms with Crippen molar-refractivity contribution >= 4 is 54.7 Å². The van der Waals surface area contributed by atoms with Gasteiger partial charge in [0.15, 0.2) is 23.1 Å². The van der Waals surface area contributed by atoms with E-state index in [9.17, 15) is 0 Å². The van der Waals surface area contributed by atoms with Crippen molar-refractivity contribution in [2.24, 2.45) is 0 Å². The predicted octanol–water partition coefficient (Wildman–Crippen LogP) is 14.5. The van der Waals surface area contributed by atoms with Gasteiger partial charge in [0.25, 0.3) is 0 Å². The SMILES string of the molecule is c1ccc(-c2nc(-c3ccccc3)nc(-c3ccc(-c4nc5ccc(-c6cc(-n7c8ccccc8c8ccccc87)cc(-n7c8ccccc8c8ccccc87)c6)cc5o4)cc3)n2)cc1. The summed E-state index contributed by atoms with van der Waals surface area (Å²) in [4.78, 5) is 19.6. The Balaban J connectivity index is 0.923. The highest BCUT2D eigenvalue weighted by Crippen LogP contribution is 2.39. The van der Waals surface area contributed by atoms with E-state index < -0.39 is 0 Å². The summed E-state index contributed by atoms with van der Waals surface area (Å²) in [6, 6.07) is 76.0. The fourth-order valence-electron chi connectivity index (χ4n) is 9.35. The van der Waals surface area contributed by atoms with Crippen LogP contribution in [0.2, 0.25) is 0 Å². The molecule has 13 aromatic rings. The molecule has 7 nitrogen and oxygen atoms in total. The average molecular weight is 833 g/mol. The molecule has 304 valence electrons. The summed E-state index contributed by atoms with van der Waals surface area (Å²) in [7, 11) is 0. The highest BCUT2D eigenvalue weighted by atomic mass is 16.3. The topological polar surface area (TPSA) is 74.6 Å². The van der Waals surface area contributed by atoms with Crippen LogP contribution < -0.4 is 0 Å². The largest absolute Gasteiger partial charge is 0.436 e. The van der Waals surface area contributed by atoms with Crippen LogP contribution in [0.15, 0.2) is 223 Å². The van der Waals surface area contributed by atoms with E-state index in [1.54, 1.807) is 0 Å². The highest BCUT2D eigenvalue weighted by molar-refractivity contribution is 6.10. The molecule has 0 aliphatic rings.